The van der Waals surface area contributed by atoms with Crippen molar-refractivity contribution in [3.05, 3.63) is 34.3 Å². The molecule has 0 spiro atoms. The Hall–Kier alpha value is -1.40. The Morgan fingerprint density at radius 2 is 1.86 bits per heavy atom. The van der Waals surface area contributed by atoms with Gasteiger partial charge in [-0.25, -0.2) is 4.79 Å². The third-order valence-electron chi connectivity index (χ3n) is 2.55. The number of likely N-dealkylation sites (N-methyl/N-ethyl adjacent to an activating group) is 1. The monoisotopic (exact) mass is 355 g/mol. The van der Waals surface area contributed by atoms with Crippen LogP contribution in [0.4, 0.5) is 4.79 Å². The summed E-state index contributed by atoms with van der Waals surface area (Å²) >= 11 is 3.47. The van der Waals surface area contributed by atoms with Crippen LogP contribution in [0.25, 0.3) is 0 Å². The Morgan fingerprint density at radius 3 is 2.43 bits per heavy atom. The van der Waals surface area contributed by atoms with Crippen LogP contribution in [0.15, 0.2) is 28.7 Å². The molecule has 0 unspecified atom stereocenters. The van der Waals surface area contributed by atoms with Gasteiger partial charge in [0.1, 0.15) is 0 Å². The lowest BCUT2D eigenvalue weighted by atomic mass is 10.1. The molecular weight excluding hydrogens is 334 g/mol. The molecule has 1 aromatic carbocycles. The van der Waals surface area contributed by atoms with Gasteiger partial charge >= 0.3 is 6.03 Å². The van der Waals surface area contributed by atoms with E-state index in [1.165, 1.54) is 0 Å². The van der Waals surface area contributed by atoms with Crippen molar-refractivity contribution in [2.45, 2.75) is 32.9 Å². The van der Waals surface area contributed by atoms with Crippen molar-refractivity contribution in [3.63, 3.8) is 0 Å². The third kappa shape index (κ3) is 7.24. The lowest BCUT2D eigenvalue weighted by molar-refractivity contribution is -0.121. The largest absolute Gasteiger partial charge is 0.333 e. The first-order chi connectivity index (χ1) is 9.67. The summed E-state index contributed by atoms with van der Waals surface area (Å²) in [4.78, 5) is 25.2. The maximum atomic E-state index is 11.8. The molecule has 0 radical (unpaired) electrons. The number of hydrogen-bond donors (Lipinski definition) is 2. The number of urea groups is 1. The van der Waals surface area contributed by atoms with E-state index >= 15 is 0 Å². The summed E-state index contributed by atoms with van der Waals surface area (Å²) in [6, 6.07) is 7.37. The van der Waals surface area contributed by atoms with E-state index in [4.69, 9.17) is 0 Å². The van der Waals surface area contributed by atoms with Gasteiger partial charge in [0.15, 0.2) is 0 Å². The summed E-state index contributed by atoms with van der Waals surface area (Å²) in [6.07, 6.45) is 0. The van der Waals surface area contributed by atoms with E-state index in [0.29, 0.717) is 6.54 Å². The van der Waals surface area contributed by atoms with Crippen LogP contribution in [0.3, 0.4) is 0 Å². The molecule has 2 N–H and O–H groups in total. The molecule has 3 amide bonds. The normalized spacial score (nSPS) is 11.3. The van der Waals surface area contributed by atoms with Crippen molar-refractivity contribution < 1.29 is 9.59 Å². The van der Waals surface area contributed by atoms with Gasteiger partial charge in [0, 0.05) is 16.6 Å². The number of nitrogens with zero attached hydrogens (tertiary/aromatic N) is 1. The maximum Gasteiger partial charge on any atom is 0.321 e. The fraction of sp³-hybridized carbons (Fsp3) is 0.467. The highest BCUT2D eigenvalue weighted by Gasteiger charge is 2.16. The number of hydrogen-bond acceptors (Lipinski definition) is 3. The zero-order valence-corrected chi connectivity index (χ0v) is 14.5. The zero-order valence-electron chi connectivity index (χ0n) is 12.9. The number of nitrogens with one attached hydrogen (secondary N) is 2. The average Bonchev–Trinajstić information content (AvgIpc) is 2.28. The van der Waals surface area contributed by atoms with Gasteiger partial charge in [-0.2, -0.15) is 0 Å². The second-order valence-corrected chi connectivity index (χ2v) is 6.87. The topological polar surface area (TPSA) is 61.4 Å². The molecule has 0 saturated heterocycles. The highest BCUT2D eigenvalue weighted by Crippen LogP contribution is 2.16. The second-order valence-electron chi connectivity index (χ2n) is 6.02. The second kappa shape index (κ2) is 7.56. The first-order valence-electron chi connectivity index (χ1n) is 6.71. The van der Waals surface area contributed by atoms with Gasteiger partial charge in [0.2, 0.25) is 5.91 Å². The lowest BCUT2D eigenvalue weighted by Crippen LogP contribution is -2.50. The summed E-state index contributed by atoms with van der Waals surface area (Å²) in [5.74, 6) is -0.327. The van der Waals surface area contributed by atoms with Crippen molar-refractivity contribution in [2.75, 3.05) is 13.6 Å². The number of benzene rings is 1. The van der Waals surface area contributed by atoms with Gasteiger partial charge < -0.3 is 5.32 Å². The maximum absolute atomic E-state index is 11.8. The average molecular weight is 356 g/mol. The number of imide groups is 1. The molecule has 6 heteroatoms. The molecule has 0 aliphatic heterocycles. The number of amides is 3. The van der Waals surface area contributed by atoms with E-state index in [2.05, 4.69) is 26.6 Å². The minimum atomic E-state index is -0.471. The van der Waals surface area contributed by atoms with Crippen LogP contribution in [-0.2, 0) is 11.3 Å². The van der Waals surface area contributed by atoms with Crippen LogP contribution in [0.2, 0.25) is 0 Å². The Kier molecular flexibility index (Phi) is 6.36. The van der Waals surface area contributed by atoms with Gasteiger partial charge in [0.05, 0.1) is 6.54 Å². The van der Waals surface area contributed by atoms with Crippen molar-refractivity contribution in [1.29, 1.82) is 0 Å². The molecular formula is C15H22BrN3O2. The van der Waals surface area contributed by atoms with Gasteiger partial charge in [0.25, 0.3) is 0 Å². The summed E-state index contributed by atoms with van der Waals surface area (Å²) < 4.78 is 1.00. The molecule has 5 nitrogen and oxygen atoms in total. The molecule has 0 fully saturated rings. The van der Waals surface area contributed by atoms with Crippen molar-refractivity contribution in [3.8, 4) is 0 Å². The Balaban J connectivity index is 2.44. The van der Waals surface area contributed by atoms with E-state index < -0.39 is 6.03 Å². The summed E-state index contributed by atoms with van der Waals surface area (Å²) in [5.41, 5.74) is 0.720. The molecule has 1 aromatic rings. The molecule has 0 atom stereocenters. The predicted molar refractivity (Wildman–Crippen MR) is 86.9 cm³/mol. The number of halogens is 1. The summed E-state index contributed by atoms with van der Waals surface area (Å²) in [5, 5.41) is 5.01. The van der Waals surface area contributed by atoms with Crippen LogP contribution in [0.5, 0.6) is 0 Å². The van der Waals surface area contributed by atoms with E-state index in [1.807, 2.05) is 57.0 Å². The minimum Gasteiger partial charge on any atom is -0.333 e. The van der Waals surface area contributed by atoms with E-state index in [9.17, 15) is 9.59 Å². The molecule has 0 heterocycles. The first kappa shape index (κ1) is 17.7. The number of carbonyl (C=O) groups is 2. The summed E-state index contributed by atoms with van der Waals surface area (Å²) in [7, 11) is 1.83. The number of carbonyl (C=O) groups excluding carboxylic acids is 2. The number of rotatable bonds is 4. The van der Waals surface area contributed by atoms with Crippen molar-refractivity contribution in [2.24, 2.45) is 0 Å². The van der Waals surface area contributed by atoms with Crippen LogP contribution >= 0.6 is 15.9 Å². The van der Waals surface area contributed by atoms with E-state index in [0.717, 1.165) is 10.0 Å². The quantitative estimate of drug-likeness (QED) is 0.872. The van der Waals surface area contributed by atoms with Crippen molar-refractivity contribution in [1.82, 2.24) is 15.5 Å². The van der Waals surface area contributed by atoms with Crippen LogP contribution in [0, 0.1) is 0 Å². The van der Waals surface area contributed by atoms with Gasteiger partial charge in [-0.05, 0) is 39.4 Å². The predicted octanol–water partition coefficient (Wildman–Crippen LogP) is 2.51. The zero-order chi connectivity index (χ0) is 16.0. The Bertz CT molecular complexity index is 512. The van der Waals surface area contributed by atoms with Crippen molar-refractivity contribution >= 4 is 27.9 Å². The van der Waals surface area contributed by atoms with Crippen LogP contribution in [-0.4, -0.2) is 36.0 Å². The minimum absolute atomic E-state index is 0.152. The third-order valence-corrected chi connectivity index (χ3v) is 3.33. The fourth-order valence-corrected chi connectivity index (χ4v) is 2.17. The molecule has 0 bridgehead atoms. The van der Waals surface area contributed by atoms with Gasteiger partial charge in [-0.15, -0.1) is 0 Å². The van der Waals surface area contributed by atoms with Crippen LogP contribution < -0.4 is 10.6 Å². The van der Waals surface area contributed by atoms with Gasteiger partial charge in [-0.1, -0.05) is 34.1 Å². The molecule has 116 valence electrons. The Labute approximate surface area is 134 Å². The standard InChI is InChI=1S/C15H22BrN3O2/c1-15(2,3)18-14(21)17-13(20)10-19(4)9-11-7-5-6-8-12(11)16/h5-8H,9-10H2,1-4H3,(H2,17,18,20,21). The SMILES string of the molecule is CN(CC(=O)NC(=O)NC(C)(C)C)Cc1ccccc1Br. The highest BCUT2D eigenvalue weighted by atomic mass is 79.9. The van der Waals surface area contributed by atoms with Gasteiger partial charge in [-0.3, -0.25) is 15.0 Å². The molecule has 0 aliphatic carbocycles. The van der Waals surface area contributed by atoms with E-state index in [-0.39, 0.29) is 18.0 Å². The molecule has 0 aromatic heterocycles. The first-order valence-corrected chi connectivity index (χ1v) is 7.50. The Morgan fingerprint density at radius 1 is 1.24 bits per heavy atom. The fourth-order valence-electron chi connectivity index (χ4n) is 1.76. The smallest absolute Gasteiger partial charge is 0.321 e. The lowest BCUT2D eigenvalue weighted by Gasteiger charge is -2.21. The summed E-state index contributed by atoms with van der Waals surface area (Å²) in [6.45, 7) is 6.34. The molecule has 0 aliphatic rings. The van der Waals surface area contributed by atoms with E-state index in [1.54, 1.807) is 0 Å². The molecule has 1 rings (SSSR count). The van der Waals surface area contributed by atoms with Crippen LogP contribution in [0.1, 0.15) is 26.3 Å². The molecule has 0 saturated carbocycles. The molecule has 21 heavy (non-hydrogen) atoms. The highest BCUT2D eigenvalue weighted by molar-refractivity contribution is 9.10.